The molecule has 0 saturated carbocycles. The Balaban J connectivity index is 3.20. The third kappa shape index (κ3) is 3.50. The van der Waals surface area contributed by atoms with Gasteiger partial charge in [-0.1, -0.05) is 15.9 Å². The minimum atomic E-state index is -2.81. The van der Waals surface area contributed by atoms with Crippen molar-refractivity contribution in [2.75, 3.05) is 6.61 Å². The fraction of sp³-hybridized carbons (Fsp3) is 0.333. The summed E-state index contributed by atoms with van der Waals surface area (Å²) in [6.07, 6.45) is -3.08. The Kier molecular flexibility index (Phi) is 5.23. The van der Waals surface area contributed by atoms with Crippen molar-refractivity contribution in [3.8, 4) is 6.07 Å². The monoisotopic (exact) mass is 317 g/mol. The Morgan fingerprint density at radius 3 is 2.72 bits per heavy atom. The van der Waals surface area contributed by atoms with E-state index < -0.39 is 18.0 Å². The lowest BCUT2D eigenvalue weighted by Gasteiger charge is -2.11. The first-order chi connectivity index (χ1) is 8.49. The van der Waals surface area contributed by atoms with E-state index in [9.17, 15) is 13.6 Å². The molecule has 3 nitrogen and oxygen atoms in total. The van der Waals surface area contributed by atoms with E-state index in [0.717, 1.165) is 0 Å². The number of carbonyl (C=O) groups is 1. The average molecular weight is 318 g/mol. The number of esters is 1. The lowest BCUT2D eigenvalue weighted by atomic mass is 9.99. The summed E-state index contributed by atoms with van der Waals surface area (Å²) in [4.78, 5) is 11.3. The first-order valence-corrected chi connectivity index (χ1v) is 5.95. The van der Waals surface area contributed by atoms with Crippen LogP contribution in [0.4, 0.5) is 8.78 Å². The van der Waals surface area contributed by atoms with Gasteiger partial charge in [-0.2, -0.15) is 5.26 Å². The summed E-state index contributed by atoms with van der Waals surface area (Å²) >= 11 is 3.12. The molecule has 0 aliphatic rings. The zero-order valence-electron chi connectivity index (χ0n) is 9.54. The molecule has 0 amide bonds. The molecule has 0 fully saturated rings. The van der Waals surface area contributed by atoms with E-state index in [0.29, 0.717) is 4.47 Å². The predicted molar refractivity (Wildman–Crippen MR) is 64.2 cm³/mol. The minimum absolute atomic E-state index is 0.106. The van der Waals surface area contributed by atoms with Gasteiger partial charge in [0.2, 0.25) is 0 Å². The van der Waals surface area contributed by atoms with Crippen LogP contribution in [0.3, 0.4) is 0 Å². The standard InChI is InChI=1S/C12H10BrF2NO2/c1-2-18-10(17)5-7-3-9(13)4-8(6-16)11(7)12(14)15/h3-4,12H,2,5H2,1H3. The van der Waals surface area contributed by atoms with Gasteiger partial charge < -0.3 is 4.74 Å². The van der Waals surface area contributed by atoms with Crippen molar-refractivity contribution in [2.45, 2.75) is 19.8 Å². The minimum Gasteiger partial charge on any atom is -0.466 e. The highest BCUT2D eigenvalue weighted by Gasteiger charge is 2.21. The largest absolute Gasteiger partial charge is 0.466 e. The number of halogens is 3. The lowest BCUT2D eigenvalue weighted by Crippen LogP contribution is -2.10. The second-order valence-electron chi connectivity index (χ2n) is 3.42. The molecule has 0 saturated heterocycles. The fourth-order valence-electron chi connectivity index (χ4n) is 1.54. The predicted octanol–water partition coefficient (Wildman–Crippen LogP) is 3.36. The highest BCUT2D eigenvalue weighted by molar-refractivity contribution is 9.10. The van der Waals surface area contributed by atoms with E-state index >= 15 is 0 Å². The van der Waals surface area contributed by atoms with Crippen LogP contribution in [0.25, 0.3) is 0 Å². The molecule has 1 rings (SSSR count). The van der Waals surface area contributed by atoms with Gasteiger partial charge in [0.15, 0.2) is 0 Å². The summed E-state index contributed by atoms with van der Waals surface area (Å²) in [5.74, 6) is -0.596. The third-order valence-electron chi connectivity index (χ3n) is 2.21. The maximum Gasteiger partial charge on any atom is 0.310 e. The van der Waals surface area contributed by atoms with Crippen LogP contribution in [-0.4, -0.2) is 12.6 Å². The number of benzene rings is 1. The lowest BCUT2D eigenvalue weighted by molar-refractivity contribution is -0.142. The van der Waals surface area contributed by atoms with Crippen molar-refractivity contribution >= 4 is 21.9 Å². The van der Waals surface area contributed by atoms with Crippen molar-refractivity contribution in [3.05, 3.63) is 33.3 Å². The summed E-state index contributed by atoms with van der Waals surface area (Å²) in [5, 5.41) is 8.83. The van der Waals surface area contributed by atoms with E-state index in [-0.39, 0.29) is 24.2 Å². The molecule has 0 atom stereocenters. The number of carbonyl (C=O) groups excluding carboxylic acids is 1. The quantitative estimate of drug-likeness (QED) is 0.800. The number of rotatable bonds is 4. The van der Waals surface area contributed by atoms with E-state index in [4.69, 9.17) is 10.00 Å². The molecule has 1 aromatic rings. The number of alkyl halides is 2. The van der Waals surface area contributed by atoms with Crippen LogP contribution in [-0.2, 0) is 16.0 Å². The van der Waals surface area contributed by atoms with Crippen LogP contribution in [0.5, 0.6) is 0 Å². The number of hydrogen-bond donors (Lipinski definition) is 0. The van der Waals surface area contributed by atoms with Crippen LogP contribution in [0.15, 0.2) is 16.6 Å². The Bertz CT molecular complexity index is 498. The molecule has 0 aromatic heterocycles. The zero-order chi connectivity index (χ0) is 13.7. The van der Waals surface area contributed by atoms with Gasteiger partial charge in [0.1, 0.15) is 0 Å². The maximum absolute atomic E-state index is 12.9. The summed E-state index contributed by atoms with van der Waals surface area (Å²) in [7, 11) is 0. The van der Waals surface area contributed by atoms with Crippen LogP contribution < -0.4 is 0 Å². The number of hydrogen-bond acceptors (Lipinski definition) is 3. The average Bonchev–Trinajstić information content (AvgIpc) is 2.27. The van der Waals surface area contributed by atoms with E-state index in [1.54, 1.807) is 13.0 Å². The molecule has 6 heteroatoms. The van der Waals surface area contributed by atoms with Gasteiger partial charge in [0.25, 0.3) is 6.43 Å². The Hall–Kier alpha value is -1.48. The molecule has 0 bridgehead atoms. The molecular weight excluding hydrogens is 308 g/mol. The third-order valence-corrected chi connectivity index (χ3v) is 2.67. The Morgan fingerprint density at radius 2 is 2.22 bits per heavy atom. The van der Waals surface area contributed by atoms with Crippen molar-refractivity contribution < 1.29 is 18.3 Å². The first kappa shape index (κ1) is 14.6. The molecular formula is C12H10BrF2NO2. The van der Waals surface area contributed by atoms with E-state index in [1.165, 1.54) is 12.1 Å². The molecule has 0 unspecified atom stereocenters. The molecule has 0 aliphatic heterocycles. The van der Waals surface area contributed by atoms with Gasteiger partial charge in [-0.15, -0.1) is 0 Å². The molecule has 0 radical (unpaired) electrons. The summed E-state index contributed by atoms with van der Waals surface area (Å²) in [6.45, 7) is 1.81. The first-order valence-electron chi connectivity index (χ1n) is 5.15. The summed E-state index contributed by atoms with van der Waals surface area (Å²) < 4.78 is 31.0. The SMILES string of the molecule is CCOC(=O)Cc1cc(Br)cc(C#N)c1C(F)F. The highest BCUT2D eigenvalue weighted by atomic mass is 79.9. The van der Waals surface area contributed by atoms with Crippen molar-refractivity contribution in [1.29, 1.82) is 5.26 Å². The summed E-state index contributed by atoms with van der Waals surface area (Å²) in [5.41, 5.74) is -0.443. The van der Waals surface area contributed by atoms with Crippen molar-refractivity contribution in [3.63, 3.8) is 0 Å². The molecule has 0 heterocycles. The molecule has 0 aliphatic carbocycles. The molecule has 0 N–H and O–H groups in total. The van der Waals surface area contributed by atoms with Gasteiger partial charge in [0, 0.05) is 10.0 Å². The molecule has 18 heavy (non-hydrogen) atoms. The van der Waals surface area contributed by atoms with Crippen LogP contribution in [0.2, 0.25) is 0 Å². The second-order valence-corrected chi connectivity index (χ2v) is 4.34. The second kappa shape index (κ2) is 6.45. The summed E-state index contributed by atoms with van der Waals surface area (Å²) in [6, 6.07) is 4.41. The number of nitrogens with zero attached hydrogens (tertiary/aromatic N) is 1. The van der Waals surface area contributed by atoms with E-state index in [2.05, 4.69) is 15.9 Å². The fourth-order valence-corrected chi connectivity index (χ4v) is 2.04. The van der Waals surface area contributed by atoms with Crippen molar-refractivity contribution in [2.24, 2.45) is 0 Å². The van der Waals surface area contributed by atoms with Gasteiger partial charge in [-0.25, -0.2) is 8.78 Å². The highest BCUT2D eigenvalue weighted by Crippen LogP contribution is 2.30. The number of nitriles is 1. The van der Waals surface area contributed by atoms with Crippen LogP contribution >= 0.6 is 15.9 Å². The topological polar surface area (TPSA) is 50.1 Å². The normalized spacial score (nSPS) is 10.2. The van der Waals surface area contributed by atoms with Crippen LogP contribution in [0.1, 0.15) is 30.0 Å². The molecule has 96 valence electrons. The smallest absolute Gasteiger partial charge is 0.310 e. The van der Waals surface area contributed by atoms with E-state index in [1.807, 2.05) is 0 Å². The van der Waals surface area contributed by atoms with Gasteiger partial charge in [-0.05, 0) is 24.6 Å². The van der Waals surface area contributed by atoms with Crippen LogP contribution in [0, 0.1) is 11.3 Å². The van der Waals surface area contributed by atoms with Gasteiger partial charge >= 0.3 is 5.97 Å². The van der Waals surface area contributed by atoms with Crippen molar-refractivity contribution in [1.82, 2.24) is 0 Å². The maximum atomic E-state index is 12.9. The Morgan fingerprint density at radius 1 is 1.56 bits per heavy atom. The van der Waals surface area contributed by atoms with Gasteiger partial charge in [-0.3, -0.25) is 4.79 Å². The molecule has 1 aromatic carbocycles. The van der Waals surface area contributed by atoms with Gasteiger partial charge in [0.05, 0.1) is 24.7 Å². The number of ether oxygens (including phenoxy) is 1. The zero-order valence-corrected chi connectivity index (χ0v) is 11.1. The Labute approximate surface area is 111 Å². The molecule has 0 spiro atoms.